The first-order valence-electron chi connectivity index (χ1n) is 15.4. The van der Waals surface area contributed by atoms with Gasteiger partial charge in [0, 0.05) is 21.9 Å². The molecule has 0 radical (unpaired) electrons. The van der Waals surface area contributed by atoms with E-state index in [0.717, 1.165) is 67.0 Å². The summed E-state index contributed by atoms with van der Waals surface area (Å²) in [5.41, 5.74) is 11.8. The van der Waals surface area contributed by atoms with Crippen LogP contribution in [0.1, 0.15) is 0 Å². The number of benzene rings is 6. The first kappa shape index (κ1) is 26.2. The van der Waals surface area contributed by atoms with Crippen LogP contribution in [-0.2, 0) is 0 Å². The van der Waals surface area contributed by atoms with Gasteiger partial charge in [0.05, 0.1) is 33.7 Å². The Hall–Kier alpha value is -6.26. The highest BCUT2D eigenvalue weighted by Crippen LogP contribution is 2.39. The molecule has 9 rings (SSSR count). The molecule has 46 heavy (non-hydrogen) atoms. The average molecular weight is 590 g/mol. The molecule has 0 N–H and O–H groups in total. The van der Waals surface area contributed by atoms with E-state index in [1.165, 1.54) is 10.8 Å². The highest BCUT2D eigenvalue weighted by molar-refractivity contribution is 6.09. The molecule has 0 amide bonds. The van der Waals surface area contributed by atoms with Gasteiger partial charge in [0.25, 0.3) is 0 Å². The van der Waals surface area contributed by atoms with Gasteiger partial charge in [-0.3, -0.25) is 0 Å². The Labute approximate surface area is 265 Å². The maximum Gasteiger partial charge on any atom is 0.229 e. The van der Waals surface area contributed by atoms with Gasteiger partial charge in [-0.25, -0.2) is 9.97 Å². The Balaban J connectivity index is 1.32. The van der Waals surface area contributed by atoms with Gasteiger partial charge in [0.2, 0.25) is 5.89 Å². The zero-order chi connectivity index (χ0) is 30.5. The number of aromatic nitrogens is 3. The van der Waals surface area contributed by atoms with Crippen LogP contribution in [0.25, 0.3) is 83.7 Å². The molecule has 0 saturated heterocycles. The number of hydrogen-bond donors (Lipinski definition) is 0. The first-order chi connectivity index (χ1) is 22.8. The zero-order valence-corrected chi connectivity index (χ0v) is 24.8. The van der Waals surface area contributed by atoms with E-state index in [1.807, 2.05) is 36.4 Å². The molecular weight excluding hydrogens is 562 g/mol. The number of hydrogen-bond acceptors (Lipinski definition) is 3. The second-order valence-electron chi connectivity index (χ2n) is 11.4. The number of pyridine rings is 1. The third-order valence-electron chi connectivity index (χ3n) is 8.64. The molecule has 0 fully saturated rings. The van der Waals surface area contributed by atoms with Crippen molar-refractivity contribution in [1.82, 2.24) is 14.5 Å². The summed E-state index contributed by atoms with van der Waals surface area (Å²) in [5.74, 6) is 0.572. The molecule has 4 nitrogen and oxygen atoms in total. The molecular formula is C42H27N3O. The van der Waals surface area contributed by atoms with E-state index >= 15 is 0 Å². The zero-order valence-electron chi connectivity index (χ0n) is 24.8. The van der Waals surface area contributed by atoms with Gasteiger partial charge in [0.1, 0.15) is 5.52 Å². The maximum atomic E-state index is 6.45. The molecule has 3 aromatic heterocycles. The predicted octanol–water partition coefficient (Wildman–Crippen LogP) is 11.0. The van der Waals surface area contributed by atoms with Crippen molar-refractivity contribution in [3.05, 3.63) is 164 Å². The third-order valence-corrected chi connectivity index (χ3v) is 8.64. The van der Waals surface area contributed by atoms with Gasteiger partial charge in [-0.05, 0) is 59.7 Å². The monoisotopic (exact) mass is 589 g/mol. The summed E-state index contributed by atoms with van der Waals surface area (Å²) < 4.78 is 8.77. The Bertz CT molecular complexity index is 2380. The van der Waals surface area contributed by atoms with Crippen LogP contribution in [0, 0.1) is 0 Å². The Kier molecular flexibility index (Phi) is 6.10. The minimum Gasteiger partial charge on any atom is -0.436 e. The summed E-state index contributed by atoms with van der Waals surface area (Å²) in [6, 6.07) is 56.7. The third kappa shape index (κ3) is 4.39. The topological polar surface area (TPSA) is 43.9 Å². The molecule has 0 unspecified atom stereocenters. The van der Waals surface area contributed by atoms with E-state index in [1.54, 1.807) is 0 Å². The second kappa shape index (κ2) is 10.7. The van der Waals surface area contributed by atoms with Crippen molar-refractivity contribution in [1.29, 1.82) is 0 Å². The van der Waals surface area contributed by atoms with Crippen molar-refractivity contribution in [3.8, 4) is 50.8 Å². The minimum atomic E-state index is 0.572. The second-order valence-corrected chi connectivity index (χ2v) is 11.4. The van der Waals surface area contributed by atoms with E-state index < -0.39 is 0 Å². The fraction of sp³-hybridized carbons (Fsp3) is 0. The summed E-state index contributed by atoms with van der Waals surface area (Å²) in [5, 5.41) is 2.41. The Morgan fingerprint density at radius 3 is 1.72 bits per heavy atom. The van der Waals surface area contributed by atoms with E-state index in [2.05, 4.69) is 132 Å². The van der Waals surface area contributed by atoms with E-state index in [4.69, 9.17) is 14.4 Å². The lowest BCUT2D eigenvalue weighted by molar-refractivity contribution is 0.619. The molecule has 0 spiro atoms. The van der Waals surface area contributed by atoms with Crippen LogP contribution in [0.5, 0.6) is 0 Å². The lowest BCUT2D eigenvalue weighted by Gasteiger charge is -2.15. The smallest absolute Gasteiger partial charge is 0.229 e. The quantitative estimate of drug-likeness (QED) is 0.201. The van der Waals surface area contributed by atoms with Gasteiger partial charge in [-0.15, -0.1) is 0 Å². The van der Waals surface area contributed by atoms with Crippen molar-refractivity contribution >= 4 is 32.9 Å². The molecule has 0 saturated carbocycles. The molecule has 0 aliphatic heterocycles. The van der Waals surface area contributed by atoms with Crippen molar-refractivity contribution in [2.24, 2.45) is 0 Å². The van der Waals surface area contributed by atoms with Crippen LogP contribution < -0.4 is 0 Å². The summed E-state index contributed by atoms with van der Waals surface area (Å²) in [6.45, 7) is 0. The molecule has 3 heterocycles. The molecule has 0 aliphatic carbocycles. The minimum absolute atomic E-state index is 0.572. The summed E-state index contributed by atoms with van der Waals surface area (Å²) in [6.07, 6.45) is 0. The fourth-order valence-electron chi connectivity index (χ4n) is 6.46. The standard InChI is InChI=1S/C42H27N3O/c1-3-13-28(14-4-1)31-26-36(29-15-5-2-6-16-29)43-37(27-31)30-23-24-40(34(25-30)42-44-35-19-9-12-22-41(35)46-42)45-38-20-10-7-17-32(38)33-18-8-11-21-39(33)45/h1-27H. The number of para-hydroxylation sites is 4. The summed E-state index contributed by atoms with van der Waals surface area (Å²) in [4.78, 5) is 10.2. The predicted molar refractivity (Wildman–Crippen MR) is 188 cm³/mol. The SMILES string of the molecule is c1ccc(-c2cc(-c3ccccc3)nc(-c3ccc(-n4c5ccccc5c5ccccc54)c(-c4nc5ccccc5o4)c3)c2)cc1. The van der Waals surface area contributed by atoms with Crippen LogP contribution in [0.4, 0.5) is 0 Å². The van der Waals surface area contributed by atoms with Crippen LogP contribution in [0.2, 0.25) is 0 Å². The fourth-order valence-corrected chi connectivity index (χ4v) is 6.46. The van der Waals surface area contributed by atoms with Gasteiger partial charge < -0.3 is 8.98 Å². The first-order valence-corrected chi connectivity index (χ1v) is 15.4. The maximum absolute atomic E-state index is 6.45. The van der Waals surface area contributed by atoms with Gasteiger partial charge >= 0.3 is 0 Å². The van der Waals surface area contributed by atoms with Crippen LogP contribution >= 0.6 is 0 Å². The van der Waals surface area contributed by atoms with Crippen LogP contribution in [0.3, 0.4) is 0 Å². The molecule has 9 aromatic rings. The highest BCUT2D eigenvalue weighted by atomic mass is 16.3. The van der Waals surface area contributed by atoms with Crippen molar-refractivity contribution in [2.45, 2.75) is 0 Å². The number of nitrogens with zero attached hydrogens (tertiary/aromatic N) is 3. The number of fused-ring (bicyclic) bond motifs is 4. The molecule has 0 bridgehead atoms. The Morgan fingerprint density at radius 2 is 1.02 bits per heavy atom. The van der Waals surface area contributed by atoms with Gasteiger partial charge in [-0.2, -0.15) is 0 Å². The largest absolute Gasteiger partial charge is 0.436 e. The average Bonchev–Trinajstić information content (AvgIpc) is 3.72. The molecule has 0 atom stereocenters. The molecule has 0 aliphatic rings. The van der Waals surface area contributed by atoms with Crippen molar-refractivity contribution in [2.75, 3.05) is 0 Å². The van der Waals surface area contributed by atoms with Crippen LogP contribution in [0.15, 0.2) is 168 Å². The Morgan fingerprint density at radius 1 is 0.435 bits per heavy atom. The lowest BCUT2D eigenvalue weighted by atomic mass is 9.98. The normalized spacial score (nSPS) is 11.5. The number of rotatable bonds is 5. The van der Waals surface area contributed by atoms with Gasteiger partial charge in [0.15, 0.2) is 5.58 Å². The highest BCUT2D eigenvalue weighted by Gasteiger charge is 2.20. The lowest BCUT2D eigenvalue weighted by Crippen LogP contribution is -1.99. The summed E-state index contributed by atoms with van der Waals surface area (Å²) >= 11 is 0. The van der Waals surface area contributed by atoms with Crippen molar-refractivity contribution < 1.29 is 4.42 Å². The number of oxazole rings is 1. The van der Waals surface area contributed by atoms with E-state index in [9.17, 15) is 0 Å². The molecule has 6 aromatic carbocycles. The molecule has 216 valence electrons. The van der Waals surface area contributed by atoms with E-state index in [-0.39, 0.29) is 0 Å². The summed E-state index contributed by atoms with van der Waals surface area (Å²) in [7, 11) is 0. The molecule has 4 heteroatoms. The van der Waals surface area contributed by atoms with Gasteiger partial charge in [-0.1, -0.05) is 115 Å². The van der Waals surface area contributed by atoms with E-state index in [0.29, 0.717) is 5.89 Å². The van der Waals surface area contributed by atoms with Crippen molar-refractivity contribution in [3.63, 3.8) is 0 Å². The van der Waals surface area contributed by atoms with Crippen LogP contribution in [-0.4, -0.2) is 14.5 Å².